The summed E-state index contributed by atoms with van der Waals surface area (Å²) in [5.41, 5.74) is 1.31. The van der Waals surface area contributed by atoms with E-state index in [1.807, 2.05) is 23.5 Å². The van der Waals surface area contributed by atoms with Crippen LogP contribution in [0, 0.1) is 5.92 Å². The molecule has 1 saturated carbocycles. The Morgan fingerprint density at radius 1 is 1.14 bits per heavy atom. The zero-order chi connectivity index (χ0) is 14.8. The van der Waals surface area contributed by atoms with Gasteiger partial charge in [0.25, 0.3) is 0 Å². The molecule has 1 aromatic carbocycles. The number of thiophene rings is 1. The molecule has 1 nitrogen and oxygen atoms in total. The number of hydrogen-bond donors (Lipinski definition) is 1. The largest absolute Gasteiger partial charge is 0.306 e. The lowest BCUT2D eigenvalue weighted by Crippen LogP contribution is -2.43. The maximum atomic E-state index is 6.30. The first-order valence-corrected chi connectivity index (χ1v) is 8.94. The molecule has 0 amide bonds. The molecular weight excluding hydrogens is 298 g/mol. The standard InChI is InChI=1S/C18H22ClNS/c1-12(2)18(17-8-5-9-21-17)20-14-10-13(11-14)15-6-3-4-7-16(15)19/h3-9,12-14,18,20H,10-11H2,1-2H3. The van der Waals surface area contributed by atoms with Gasteiger partial charge in [0.2, 0.25) is 0 Å². The number of rotatable bonds is 5. The molecule has 0 aliphatic heterocycles. The van der Waals surface area contributed by atoms with Gasteiger partial charge in [-0.1, -0.05) is 49.7 Å². The van der Waals surface area contributed by atoms with E-state index in [0.29, 0.717) is 23.9 Å². The van der Waals surface area contributed by atoms with E-state index in [1.54, 1.807) is 0 Å². The Morgan fingerprint density at radius 3 is 2.52 bits per heavy atom. The van der Waals surface area contributed by atoms with Crippen LogP contribution in [0.2, 0.25) is 5.02 Å². The highest BCUT2D eigenvalue weighted by Crippen LogP contribution is 2.41. The summed E-state index contributed by atoms with van der Waals surface area (Å²) in [6.45, 7) is 4.59. The Balaban J connectivity index is 1.60. The number of halogens is 1. The SMILES string of the molecule is CC(C)C(NC1CC(c2ccccc2Cl)C1)c1cccs1. The van der Waals surface area contributed by atoms with E-state index in [-0.39, 0.29) is 0 Å². The minimum Gasteiger partial charge on any atom is -0.306 e. The van der Waals surface area contributed by atoms with E-state index >= 15 is 0 Å². The van der Waals surface area contributed by atoms with Crippen LogP contribution >= 0.6 is 22.9 Å². The molecule has 1 unspecified atom stereocenters. The molecule has 3 rings (SSSR count). The Morgan fingerprint density at radius 2 is 1.90 bits per heavy atom. The fourth-order valence-electron chi connectivity index (χ4n) is 3.14. The molecule has 0 saturated heterocycles. The molecule has 0 spiro atoms. The summed E-state index contributed by atoms with van der Waals surface area (Å²) < 4.78 is 0. The highest BCUT2D eigenvalue weighted by molar-refractivity contribution is 7.10. The first-order chi connectivity index (χ1) is 10.1. The highest BCUT2D eigenvalue weighted by atomic mass is 35.5. The van der Waals surface area contributed by atoms with E-state index in [2.05, 4.69) is 48.8 Å². The predicted molar refractivity (Wildman–Crippen MR) is 92.2 cm³/mol. The molecule has 1 N–H and O–H groups in total. The molecule has 1 aromatic heterocycles. The van der Waals surface area contributed by atoms with Gasteiger partial charge in [0.05, 0.1) is 0 Å². The molecule has 21 heavy (non-hydrogen) atoms. The minimum absolute atomic E-state index is 0.474. The Kier molecular flexibility index (Phi) is 4.68. The second-order valence-electron chi connectivity index (χ2n) is 6.29. The van der Waals surface area contributed by atoms with Crippen molar-refractivity contribution in [3.8, 4) is 0 Å². The van der Waals surface area contributed by atoms with Gasteiger partial charge in [-0.05, 0) is 47.8 Å². The van der Waals surface area contributed by atoms with Crippen molar-refractivity contribution < 1.29 is 0 Å². The molecule has 1 aliphatic carbocycles. The Hall–Kier alpha value is -0.830. The van der Waals surface area contributed by atoms with Crippen molar-refractivity contribution in [3.05, 3.63) is 57.2 Å². The number of hydrogen-bond acceptors (Lipinski definition) is 2. The van der Waals surface area contributed by atoms with Crippen LogP contribution in [0.3, 0.4) is 0 Å². The van der Waals surface area contributed by atoms with Crippen molar-refractivity contribution in [2.75, 3.05) is 0 Å². The van der Waals surface area contributed by atoms with Gasteiger partial charge in [-0.3, -0.25) is 0 Å². The lowest BCUT2D eigenvalue weighted by molar-refractivity contribution is 0.243. The van der Waals surface area contributed by atoms with Gasteiger partial charge in [-0.15, -0.1) is 11.3 Å². The number of nitrogens with one attached hydrogen (secondary N) is 1. The fourth-order valence-corrected chi connectivity index (χ4v) is 4.39. The van der Waals surface area contributed by atoms with Crippen molar-refractivity contribution in [2.24, 2.45) is 5.92 Å². The van der Waals surface area contributed by atoms with Crippen LogP contribution in [0.25, 0.3) is 0 Å². The third-order valence-corrected chi connectivity index (χ3v) is 5.71. The maximum absolute atomic E-state index is 6.30. The second-order valence-corrected chi connectivity index (χ2v) is 7.68. The molecule has 3 heteroatoms. The van der Waals surface area contributed by atoms with Gasteiger partial charge < -0.3 is 5.32 Å². The van der Waals surface area contributed by atoms with Gasteiger partial charge >= 0.3 is 0 Å². The minimum atomic E-state index is 0.474. The van der Waals surface area contributed by atoms with E-state index < -0.39 is 0 Å². The number of benzene rings is 1. The van der Waals surface area contributed by atoms with Crippen LogP contribution < -0.4 is 5.32 Å². The summed E-state index contributed by atoms with van der Waals surface area (Å²) in [6.07, 6.45) is 2.39. The van der Waals surface area contributed by atoms with Crippen LogP contribution in [0.5, 0.6) is 0 Å². The van der Waals surface area contributed by atoms with Crippen LogP contribution in [0.15, 0.2) is 41.8 Å². The molecule has 0 bridgehead atoms. The smallest absolute Gasteiger partial charge is 0.0440 e. The molecule has 1 fully saturated rings. The van der Waals surface area contributed by atoms with Crippen molar-refractivity contribution in [3.63, 3.8) is 0 Å². The van der Waals surface area contributed by atoms with Crippen LogP contribution in [-0.4, -0.2) is 6.04 Å². The normalized spacial score (nSPS) is 23.0. The van der Waals surface area contributed by atoms with E-state index in [1.165, 1.54) is 23.3 Å². The Labute approximate surface area is 136 Å². The summed E-state index contributed by atoms with van der Waals surface area (Å²) >= 11 is 8.15. The zero-order valence-electron chi connectivity index (χ0n) is 12.6. The van der Waals surface area contributed by atoms with E-state index in [4.69, 9.17) is 11.6 Å². The summed E-state index contributed by atoms with van der Waals surface area (Å²) in [6, 6.07) is 13.7. The third-order valence-electron chi connectivity index (χ3n) is 4.41. The average Bonchev–Trinajstić information content (AvgIpc) is 2.92. The molecule has 2 aromatic rings. The van der Waals surface area contributed by atoms with Crippen LogP contribution in [0.1, 0.15) is 49.1 Å². The van der Waals surface area contributed by atoms with Crippen LogP contribution in [-0.2, 0) is 0 Å². The van der Waals surface area contributed by atoms with Gasteiger partial charge in [0.15, 0.2) is 0 Å². The lowest BCUT2D eigenvalue weighted by atomic mass is 9.75. The van der Waals surface area contributed by atoms with Crippen molar-refractivity contribution >= 4 is 22.9 Å². The second kappa shape index (κ2) is 6.51. The summed E-state index contributed by atoms with van der Waals surface area (Å²) in [7, 11) is 0. The van der Waals surface area contributed by atoms with E-state index in [9.17, 15) is 0 Å². The monoisotopic (exact) mass is 319 g/mol. The fraction of sp³-hybridized carbons (Fsp3) is 0.444. The van der Waals surface area contributed by atoms with E-state index in [0.717, 1.165) is 5.02 Å². The van der Waals surface area contributed by atoms with Crippen molar-refractivity contribution in [1.82, 2.24) is 5.32 Å². The molecular formula is C18H22ClNS. The van der Waals surface area contributed by atoms with Crippen molar-refractivity contribution in [1.29, 1.82) is 0 Å². The highest BCUT2D eigenvalue weighted by Gasteiger charge is 2.33. The van der Waals surface area contributed by atoms with Gasteiger partial charge in [0, 0.05) is 22.0 Å². The summed E-state index contributed by atoms with van der Waals surface area (Å²) in [4.78, 5) is 1.45. The molecule has 1 aliphatic rings. The quantitative estimate of drug-likeness (QED) is 0.752. The summed E-state index contributed by atoms with van der Waals surface area (Å²) in [5, 5.41) is 6.92. The first-order valence-electron chi connectivity index (χ1n) is 7.69. The topological polar surface area (TPSA) is 12.0 Å². The average molecular weight is 320 g/mol. The van der Waals surface area contributed by atoms with Gasteiger partial charge in [0.1, 0.15) is 0 Å². The maximum Gasteiger partial charge on any atom is 0.0440 e. The third kappa shape index (κ3) is 3.33. The Bertz CT molecular complexity index is 573. The first kappa shape index (κ1) is 15.1. The van der Waals surface area contributed by atoms with Crippen LogP contribution in [0.4, 0.5) is 0 Å². The van der Waals surface area contributed by atoms with Gasteiger partial charge in [-0.25, -0.2) is 0 Å². The lowest BCUT2D eigenvalue weighted by Gasteiger charge is -2.40. The molecule has 1 heterocycles. The van der Waals surface area contributed by atoms with Crippen molar-refractivity contribution in [2.45, 2.75) is 44.7 Å². The molecule has 1 atom stereocenters. The predicted octanol–water partition coefficient (Wildman–Crippen LogP) is 5.63. The van der Waals surface area contributed by atoms with Gasteiger partial charge in [-0.2, -0.15) is 0 Å². The zero-order valence-corrected chi connectivity index (χ0v) is 14.1. The summed E-state index contributed by atoms with van der Waals surface area (Å²) in [5.74, 6) is 1.23. The molecule has 112 valence electrons. The molecule has 0 radical (unpaired) electrons.